The molecule has 0 heterocycles. The molecule has 0 aromatic heterocycles. The van der Waals surface area contributed by atoms with Gasteiger partial charge in [-0.15, -0.1) is 0 Å². The van der Waals surface area contributed by atoms with E-state index < -0.39 is 0 Å². The standard InChI is InChI=1S/C4H8O.W/c1-4(2)5-3;/h3-4H,1-2H3;. The summed E-state index contributed by atoms with van der Waals surface area (Å²) >= 11 is 1.37. The van der Waals surface area contributed by atoms with Crippen molar-refractivity contribution >= 4 is 4.59 Å². The van der Waals surface area contributed by atoms with Gasteiger partial charge in [-0.2, -0.15) is 0 Å². The van der Waals surface area contributed by atoms with Crippen molar-refractivity contribution in [2.75, 3.05) is 0 Å². The predicted molar refractivity (Wildman–Crippen MR) is 22.3 cm³/mol. The molecule has 0 bridgehead atoms. The molecule has 0 N–H and O–H groups in total. The molecule has 0 spiro atoms. The monoisotopic (exact) mass is 256 g/mol. The summed E-state index contributed by atoms with van der Waals surface area (Å²) in [6.07, 6.45) is 0.363. The molecule has 0 unspecified atom stereocenters. The molecular weight excluding hydrogens is 248 g/mol. The summed E-state index contributed by atoms with van der Waals surface area (Å²) in [6, 6.07) is 0. The zero-order valence-corrected chi connectivity index (χ0v) is 6.90. The van der Waals surface area contributed by atoms with Gasteiger partial charge in [-0.25, -0.2) is 0 Å². The van der Waals surface area contributed by atoms with Crippen LogP contribution in [-0.2, 0) is 24.1 Å². The fraction of sp³-hybridized carbons (Fsp3) is 0.750. The van der Waals surface area contributed by atoms with Crippen molar-refractivity contribution in [3.63, 3.8) is 0 Å². The van der Waals surface area contributed by atoms with Gasteiger partial charge in [0, 0.05) is 0 Å². The molecule has 6 heavy (non-hydrogen) atoms. The van der Waals surface area contributed by atoms with Crippen molar-refractivity contribution in [2.45, 2.75) is 20.0 Å². The van der Waals surface area contributed by atoms with Crippen LogP contribution in [-0.4, -0.2) is 10.7 Å². The Morgan fingerprint density at radius 1 is 1.67 bits per heavy atom. The van der Waals surface area contributed by atoms with Crippen LogP contribution < -0.4 is 0 Å². The van der Waals surface area contributed by atoms with Gasteiger partial charge in [0.05, 0.1) is 0 Å². The van der Waals surface area contributed by atoms with Crippen LogP contribution in [0.2, 0.25) is 0 Å². The number of hydrogen-bond donors (Lipinski definition) is 0. The van der Waals surface area contributed by atoms with Gasteiger partial charge < -0.3 is 0 Å². The summed E-state index contributed by atoms with van der Waals surface area (Å²) in [5.41, 5.74) is 0. The molecule has 0 aliphatic heterocycles. The van der Waals surface area contributed by atoms with E-state index in [1.54, 1.807) is 4.59 Å². The van der Waals surface area contributed by atoms with Gasteiger partial charge in [0.1, 0.15) is 0 Å². The van der Waals surface area contributed by atoms with E-state index in [4.69, 9.17) is 4.74 Å². The summed E-state index contributed by atoms with van der Waals surface area (Å²) in [4.78, 5) is 0. The minimum absolute atomic E-state index is 0.363. The first-order chi connectivity index (χ1) is 2.77. The molecule has 2 heteroatoms. The average Bonchev–Trinajstić information content (AvgIpc) is 1.35. The van der Waals surface area contributed by atoms with Crippen molar-refractivity contribution < 1.29 is 24.1 Å². The molecular formula is C4H8OW. The molecule has 0 rings (SSSR count). The van der Waals surface area contributed by atoms with Crippen molar-refractivity contribution in [1.82, 2.24) is 0 Å². The van der Waals surface area contributed by atoms with Crippen LogP contribution in [0.15, 0.2) is 0 Å². The van der Waals surface area contributed by atoms with Crippen LogP contribution in [0.4, 0.5) is 0 Å². The molecule has 0 amide bonds. The number of ether oxygens (including phenoxy) is 1. The Bertz CT molecular complexity index is 42.8. The third-order valence-corrected chi connectivity index (χ3v) is 0.727. The van der Waals surface area contributed by atoms with E-state index in [9.17, 15) is 0 Å². The Labute approximate surface area is 49.1 Å². The van der Waals surface area contributed by atoms with Crippen LogP contribution in [0, 0.1) is 0 Å². The van der Waals surface area contributed by atoms with Gasteiger partial charge >= 0.3 is 48.6 Å². The second-order valence-electron chi connectivity index (χ2n) is 1.28. The van der Waals surface area contributed by atoms with Gasteiger partial charge in [-0.1, -0.05) is 0 Å². The summed E-state index contributed by atoms with van der Waals surface area (Å²) in [5, 5.41) is 0. The van der Waals surface area contributed by atoms with Crippen molar-refractivity contribution in [1.29, 1.82) is 0 Å². The second-order valence-corrected chi connectivity index (χ2v) is 1.97. The van der Waals surface area contributed by atoms with Crippen molar-refractivity contribution in [3.05, 3.63) is 0 Å². The van der Waals surface area contributed by atoms with E-state index in [0.29, 0.717) is 6.10 Å². The first-order valence-corrected chi connectivity index (χ1v) is 3.56. The Morgan fingerprint density at radius 3 is 2.17 bits per heavy atom. The molecule has 0 saturated heterocycles. The molecule has 0 aliphatic rings. The van der Waals surface area contributed by atoms with E-state index >= 15 is 0 Å². The Morgan fingerprint density at radius 2 is 2.17 bits per heavy atom. The van der Waals surface area contributed by atoms with E-state index in [0.717, 1.165) is 0 Å². The van der Waals surface area contributed by atoms with Crippen LogP contribution in [0.3, 0.4) is 0 Å². The Kier molecular flexibility index (Phi) is 4.02. The van der Waals surface area contributed by atoms with Gasteiger partial charge in [-0.3, -0.25) is 0 Å². The summed E-state index contributed by atoms with van der Waals surface area (Å²) in [7, 11) is 0. The zero-order chi connectivity index (χ0) is 4.99. The Balaban J connectivity index is 2.81. The van der Waals surface area contributed by atoms with Gasteiger partial charge in [-0.05, 0) is 0 Å². The third-order valence-electron chi connectivity index (χ3n) is 0.328. The molecule has 0 aliphatic carbocycles. The van der Waals surface area contributed by atoms with Crippen LogP contribution in [0.25, 0.3) is 0 Å². The van der Waals surface area contributed by atoms with E-state index in [2.05, 4.69) is 0 Å². The average molecular weight is 256 g/mol. The van der Waals surface area contributed by atoms with Crippen molar-refractivity contribution in [3.8, 4) is 0 Å². The molecule has 0 aromatic carbocycles. The molecule has 0 atom stereocenters. The van der Waals surface area contributed by atoms with Crippen LogP contribution >= 0.6 is 0 Å². The molecule has 36 valence electrons. The fourth-order valence-electron chi connectivity index (χ4n) is 0.111. The predicted octanol–water partition coefficient (Wildman–Crippen LogP) is 0.718. The molecule has 1 nitrogen and oxygen atoms in total. The SMILES string of the molecule is CC(C)O[CH]=[W]. The normalized spacial score (nSPS) is 9.17. The molecule has 0 aromatic rings. The second kappa shape index (κ2) is 3.70. The topological polar surface area (TPSA) is 9.23 Å². The molecule has 0 radical (unpaired) electrons. The molecule has 0 saturated carbocycles. The third kappa shape index (κ3) is 4.52. The van der Waals surface area contributed by atoms with E-state index in [-0.39, 0.29) is 0 Å². The molecule has 0 fully saturated rings. The summed E-state index contributed by atoms with van der Waals surface area (Å²) in [5.74, 6) is 0. The van der Waals surface area contributed by atoms with E-state index in [1.165, 1.54) is 19.4 Å². The van der Waals surface area contributed by atoms with Gasteiger partial charge in [0.2, 0.25) is 0 Å². The number of rotatable bonds is 2. The first kappa shape index (κ1) is 6.52. The zero-order valence-electron chi connectivity index (χ0n) is 3.97. The van der Waals surface area contributed by atoms with Gasteiger partial charge in [0.15, 0.2) is 0 Å². The number of hydrogen-bond acceptors (Lipinski definition) is 1. The minimum atomic E-state index is 0.363. The maximum absolute atomic E-state index is 4.95. The van der Waals surface area contributed by atoms with Crippen molar-refractivity contribution in [2.24, 2.45) is 0 Å². The summed E-state index contributed by atoms with van der Waals surface area (Å²) in [6.45, 7) is 4.03. The van der Waals surface area contributed by atoms with E-state index in [1.807, 2.05) is 13.8 Å². The fourth-order valence-corrected chi connectivity index (χ4v) is 0.909. The quantitative estimate of drug-likeness (QED) is 0.707. The maximum atomic E-state index is 4.95. The van der Waals surface area contributed by atoms with Gasteiger partial charge in [0.25, 0.3) is 0 Å². The Hall–Kier alpha value is 0.518. The first-order valence-electron chi connectivity index (χ1n) is 1.86. The summed E-state index contributed by atoms with van der Waals surface area (Å²) < 4.78 is 6.74. The van der Waals surface area contributed by atoms with Crippen LogP contribution in [0.5, 0.6) is 0 Å². The van der Waals surface area contributed by atoms with Crippen LogP contribution in [0.1, 0.15) is 13.8 Å².